The number of rotatable bonds is 9. The zero-order chi connectivity index (χ0) is 17.6. The van der Waals surface area contributed by atoms with Crippen molar-refractivity contribution in [2.45, 2.75) is 83.9 Å². The van der Waals surface area contributed by atoms with Crippen molar-refractivity contribution in [3.8, 4) is 0 Å². The molecule has 0 N–H and O–H groups in total. The van der Waals surface area contributed by atoms with Gasteiger partial charge in [0.05, 0.1) is 17.8 Å². The molecular formula is C20H33BO3. The second-order valence-electron chi connectivity index (χ2n) is 7.99. The van der Waals surface area contributed by atoms with Gasteiger partial charge in [-0.3, -0.25) is 0 Å². The van der Waals surface area contributed by atoms with Crippen molar-refractivity contribution in [1.82, 2.24) is 0 Å². The fourth-order valence-corrected chi connectivity index (χ4v) is 2.87. The SMILES string of the molecule is CC(CCCCCOCc1ccccc1)B1OC(C)(C)C(C)(C)O1. The molecule has 1 aromatic rings. The number of ether oxygens (including phenoxy) is 1. The molecule has 4 heteroatoms. The molecule has 1 fully saturated rings. The van der Waals surface area contributed by atoms with Crippen LogP contribution >= 0.6 is 0 Å². The van der Waals surface area contributed by atoms with Gasteiger partial charge in [0.15, 0.2) is 0 Å². The summed E-state index contributed by atoms with van der Waals surface area (Å²) in [7, 11) is -0.0793. The minimum atomic E-state index is -0.225. The van der Waals surface area contributed by atoms with Crippen LogP contribution in [0.5, 0.6) is 0 Å². The van der Waals surface area contributed by atoms with Gasteiger partial charge in [-0.05, 0) is 45.5 Å². The van der Waals surface area contributed by atoms with E-state index in [-0.39, 0.29) is 18.3 Å². The summed E-state index contributed by atoms with van der Waals surface area (Å²) in [5.41, 5.74) is 0.792. The predicted octanol–water partition coefficient (Wildman–Crippen LogP) is 5.25. The quantitative estimate of drug-likeness (QED) is 0.457. The van der Waals surface area contributed by atoms with Crippen LogP contribution in [0.1, 0.15) is 65.9 Å². The maximum atomic E-state index is 6.12. The summed E-state index contributed by atoms with van der Waals surface area (Å²) in [6, 6.07) is 10.3. The molecule has 1 aromatic carbocycles. The molecule has 1 heterocycles. The molecule has 2 rings (SSSR count). The largest absolute Gasteiger partial charge is 0.460 e. The Morgan fingerprint density at radius 2 is 1.58 bits per heavy atom. The fraction of sp³-hybridized carbons (Fsp3) is 0.700. The Bertz CT molecular complexity index is 471. The van der Waals surface area contributed by atoms with Crippen molar-refractivity contribution in [2.75, 3.05) is 6.61 Å². The standard InChI is InChI=1S/C20H33BO3/c1-17(21-23-19(2,3)20(4,5)24-21)12-8-7-11-15-22-16-18-13-9-6-10-14-18/h6,9-10,13-14,17H,7-8,11-12,15-16H2,1-5H3. The van der Waals surface area contributed by atoms with Crippen LogP contribution in [-0.2, 0) is 20.7 Å². The van der Waals surface area contributed by atoms with E-state index >= 15 is 0 Å². The van der Waals surface area contributed by atoms with Gasteiger partial charge >= 0.3 is 7.12 Å². The summed E-state index contributed by atoms with van der Waals surface area (Å²) in [5, 5.41) is 0. The Kier molecular flexibility index (Phi) is 6.91. The van der Waals surface area contributed by atoms with Crippen molar-refractivity contribution >= 4 is 7.12 Å². The van der Waals surface area contributed by atoms with Gasteiger partial charge in [0.2, 0.25) is 0 Å². The van der Waals surface area contributed by atoms with Gasteiger partial charge in [-0.2, -0.15) is 0 Å². The van der Waals surface area contributed by atoms with Crippen LogP contribution < -0.4 is 0 Å². The van der Waals surface area contributed by atoms with Gasteiger partial charge in [0.25, 0.3) is 0 Å². The first-order valence-electron chi connectivity index (χ1n) is 9.29. The summed E-state index contributed by atoms with van der Waals surface area (Å²) in [4.78, 5) is 0. The summed E-state index contributed by atoms with van der Waals surface area (Å²) in [6.07, 6.45) is 4.64. The van der Waals surface area contributed by atoms with Gasteiger partial charge in [-0.25, -0.2) is 0 Å². The Morgan fingerprint density at radius 3 is 2.21 bits per heavy atom. The highest BCUT2D eigenvalue weighted by Crippen LogP contribution is 2.40. The van der Waals surface area contributed by atoms with E-state index in [0.29, 0.717) is 12.4 Å². The average Bonchev–Trinajstić information content (AvgIpc) is 2.75. The molecule has 3 nitrogen and oxygen atoms in total. The van der Waals surface area contributed by atoms with E-state index in [1.54, 1.807) is 0 Å². The van der Waals surface area contributed by atoms with Crippen molar-refractivity contribution in [2.24, 2.45) is 0 Å². The molecule has 0 aromatic heterocycles. The third-order valence-corrected chi connectivity index (χ3v) is 5.30. The monoisotopic (exact) mass is 332 g/mol. The molecule has 0 amide bonds. The van der Waals surface area contributed by atoms with Crippen LogP contribution in [0.4, 0.5) is 0 Å². The summed E-state index contributed by atoms with van der Waals surface area (Å²) in [6.45, 7) is 12.2. The minimum absolute atomic E-state index is 0.0793. The normalized spacial score (nSPS) is 20.3. The Hall–Kier alpha value is -0.835. The van der Waals surface area contributed by atoms with Gasteiger partial charge < -0.3 is 14.0 Å². The third-order valence-electron chi connectivity index (χ3n) is 5.30. The summed E-state index contributed by atoms with van der Waals surface area (Å²) >= 11 is 0. The first-order valence-corrected chi connectivity index (χ1v) is 9.29. The van der Waals surface area contributed by atoms with E-state index in [1.165, 1.54) is 18.4 Å². The highest BCUT2D eigenvalue weighted by molar-refractivity contribution is 6.47. The highest BCUT2D eigenvalue weighted by atomic mass is 16.7. The van der Waals surface area contributed by atoms with Crippen LogP contribution in [0.3, 0.4) is 0 Å². The Labute approximate surface area is 148 Å². The van der Waals surface area contributed by atoms with E-state index in [9.17, 15) is 0 Å². The van der Waals surface area contributed by atoms with Gasteiger partial charge in [-0.15, -0.1) is 0 Å². The molecule has 1 atom stereocenters. The second-order valence-corrected chi connectivity index (χ2v) is 7.99. The van der Waals surface area contributed by atoms with E-state index in [4.69, 9.17) is 14.0 Å². The van der Waals surface area contributed by atoms with Crippen LogP contribution in [0.2, 0.25) is 5.82 Å². The Balaban J connectivity index is 1.55. The van der Waals surface area contributed by atoms with E-state index in [0.717, 1.165) is 19.4 Å². The van der Waals surface area contributed by atoms with Crippen LogP contribution in [0, 0.1) is 0 Å². The summed E-state index contributed by atoms with van der Waals surface area (Å²) in [5.74, 6) is 0.427. The van der Waals surface area contributed by atoms with E-state index < -0.39 is 0 Å². The fourth-order valence-electron chi connectivity index (χ4n) is 2.87. The Morgan fingerprint density at radius 1 is 0.958 bits per heavy atom. The maximum Gasteiger partial charge on any atom is 0.460 e. The van der Waals surface area contributed by atoms with Crippen molar-refractivity contribution < 1.29 is 14.0 Å². The highest BCUT2D eigenvalue weighted by Gasteiger charge is 2.52. The topological polar surface area (TPSA) is 27.7 Å². The molecular weight excluding hydrogens is 299 g/mol. The van der Waals surface area contributed by atoms with Crippen LogP contribution in [0.15, 0.2) is 30.3 Å². The molecule has 1 saturated heterocycles. The third kappa shape index (κ3) is 5.33. The molecule has 1 unspecified atom stereocenters. The van der Waals surface area contributed by atoms with Crippen molar-refractivity contribution in [1.29, 1.82) is 0 Å². The lowest BCUT2D eigenvalue weighted by Crippen LogP contribution is -2.41. The van der Waals surface area contributed by atoms with Crippen molar-refractivity contribution in [3.05, 3.63) is 35.9 Å². The molecule has 1 aliphatic rings. The van der Waals surface area contributed by atoms with Crippen LogP contribution in [0.25, 0.3) is 0 Å². The molecule has 1 aliphatic heterocycles. The zero-order valence-electron chi connectivity index (χ0n) is 16.0. The maximum absolute atomic E-state index is 6.12. The summed E-state index contributed by atoms with van der Waals surface area (Å²) < 4.78 is 18.0. The second kappa shape index (κ2) is 8.51. The van der Waals surface area contributed by atoms with Crippen molar-refractivity contribution in [3.63, 3.8) is 0 Å². The number of benzene rings is 1. The molecule has 0 bridgehead atoms. The first-order chi connectivity index (χ1) is 11.3. The number of hydrogen-bond donors (Lipinski definition) is 0. The van der Waals surface area contributed by atoms with E-state index in [1.807, 2.05) is 6.07 Å². The lowest BCUT2D eigenvalue weighted by atomic mass is 9.70. The molecule has 0 saturated carbocycles. The predicted molar refractivity (Wildman–Crippen MR) is 100 cm³/mol. The van der Waals surface area contributed by atoms with E-state index in [2.05, 4.69) is 58.9 Å². The lowest BCUT2D eigenvalue weighted by Gasteiger charge is -2.32. The minimum Gasteiger partial charge on any atom is -0.403 e. The lowest BCUT2D eigenvalue weighted by molar-refractivity contribution is 0.00578. The van der Waals surface area contributed by atoms with Gasteiger partial charge in [-0.1, -0.05) is 56.5 Å². The number of hydrogen-bond acceptors (Lipinski definition) is 3. The average molecular weight is 332 g/mol. The van der Waals surface area contributed by atoms with Gasteiger partial charge in [0, 0.05) is 6.61 Å². The van der Waals surface area contributed by atoms with Gasteiger partial charge in [0.1, 0.15) is 0 Å². The molecule has 134 valence electrons. The first kappa shape index (κ1) is 19.5. The van der Waals surface area contributed by atoms with Crippen LogP contribution in [-0.4, -0.2) is 24.9 Å². The molecule has 24 heavy (non-hydrogen) atoms. The molecule has 0 radical (unpaired) electrons. The smallest absolute Gasteiger partial charge is 0.403 e. The molecule has 0 aliphatic carbocycles. The molecule has 0 spiro atoms. The zero-order valence-corrected chi connectivity index (χ0v) is 16.0. The number of unbranched alkanes of at least 4 members (excludes halogenated alkanes) is 2.